The molecule has 0 saturated carbocycles. The van der Waals surface area contributed by atoms with Gasteiger partial charge in [-0.25, -0.2) is 0 Å². The summed E-state index contributed by atoms with van der Waals surface area (Å²) in [5.74, 6) is -1.07. The van der Waals surface area contributed by atoms with Gasteiger partial charge in [0.05, 0.1) is 0 Å². The lowest BCUT2D eigenvalue weighted by Crippen LogP contribution is -2.13. The van der Waals surface area contributed by atoms with Crippen LogP contribution in [0, 0.1) is 0 Å². The van der Waals surface area contributed by atoms with Gasteiger partial charge in [-0.15, -0.1) is 0 Å². The Hall–Kier alpha value is -2.14. The van der Waals surface area contributed by atoms with E-state index in [-0.39, 0.29) is 12.3 Å². The molecule has 21 heavy (non-hydrogen) atoms. The van der Waals surface area contributed by atoms with E-state index in [9.17, 15) is 9.59 Å². The van der Waals surface area contributed by atoms with Crippen molar-refractivity contribution >= 4 is 33.5 Å². The zero-order valence-corrected chi connectivity index (χ0v) is 12.8. The number of benzene rings is 2. The molecule has 0 aliphatic rings. The number of carbonyl (C=O) groups excluding carboxylic acids is 1. The van der Waals surface area contributed by atoms with Gasteiger partial charge in [-0.05, 0) is 42.3 Å². The van der Waals surface area contributed by atoms with E-state index in [1.165, 1.54) is 0 Å². The quantitative estimate of drug-likeness (QED) is 0.866. The predicted octanol–water partition coefficient (Wildman–Crippen LogP) is 3.72. The SMILES string of the molecule is O=C(O)CCc1ccccc1NC(=O)c1ccc(Br)cc1. The van der Waals surface area contributed by atoms with Crippen molar-refractivity contribution in [1.29, 1.82) is 0 Å². The van der Waals surface area contributed by atoms with Crippen molar-refractivity contribution in [2.75, 3.05) is 5.32 Å². The number of carboxylic acids is 1. The topological polar surface area (TPSA) is 66.4 Å². The van der Waals surface area contributed by atoms with Gasteiger partial charge in [0.25, 0.3) is 5.91 Å². The summed E-state index contributed by atoms with van der Waals surface area (Å²) in [6.07, 6.45) is 0.414. The first-order valence-electron chi connectivity index (χ1n) is 6.43. The Morgan fingerprint density at radius 3 is 2.38 bits per heavy atom. The molecule has 0 spiro atoms. The monoisotopic (exact) mass is 347 g/mol. The van der Waals surface area contributed by atoms with Crippen LogP contribution in [-0.2, 0) is 11.2 Å². The van der Waals surface area contributed by atoms with Crippen molar-refractivity contribution in [3.05, 3.63) is 64.1 Å². The number of nitrogens with one attached hydrogen (secondary N) is 1. The number of hydrogen-bond donors (Lipinski definition) is 2. The molecule has 0 saturated heterocycles. The van der Waals surface area contributed by atoms with Crippen molar-refractivity contribution < 1.29 is 14.7 Å². The summed E-state index contributed by atoms with van der Waals surface area (Å²) in [5.41, 5.74) is 2.00. The van der Waals surface area contributed by atoms with E-state index in [4.69, 9.17) is 5.11 Å². The fourth-order valence-corrected chi connectivity index (χ4v) is 2.16. The van der Waals surface area contributed by atoms with Crippen LogP contribution in [0.3, 0.4) is 0 Å². The van der Waals surface area contributed by atoms with Gasteiger partial charge in [0, 0.05) is 22.1 Å². The van der Waals surface area contributed by atoms with Crippen molar-refractivity contribution in [3.8, 4) is 0 Å². The Balaban J connectivity index is 2.13. The van der Waals surface area contributed by atoms with Crippen molar-refractivity contribution in [1.82, 2.24) is 0 Å². The minimum Gasteiger partial charge on any atom is -0.481 e. The van der Waals surface area contributed by atoms with Gasteiger partial charge in [-0.1, -0.05) is 34.1 Å². The van der Waals surface area contributed by atoms with Gasteiger partial charge in [0.2, 0.25) is 0 Å². The lowest BCUT2D eigenvalue weighted by Gasteiger charge is -2.10. The predicted molar refractivity (Wildman–Crippen MR) is 84.5 cm³/mol. The smallest absolute Gasteiger partial charge is 0.303 e. The maximum atomic E-state index is 12.2. The Morgan fingerprint density at radius 1 is 1.05 bits per heavy atom. The number of anilines is 1. The van der Waals surface area contributed by atoms with E-state index < -0.39 is 5.97 Å². The Labute approximate surface area is 130 Å². The second-order valence-electron chi connectivity index (χ2n) is 4.51. The van der Waals surface area contributed by atoms with Gasteiger partial charge in [0.15, 0.2) is 0 Å². The largest absolute Gasteiger partial charge is 0.481 e. The molecule has 0 aliphatic heterocycles. The lowest BCUT2D eigenvalue weighted by atomic mass is 10.1. The molecule has 0 aliphatic carbocycles. The third-order valence-electron chi connectivity index (χ3n) is 2.98. The maximum Gasteiger partial charge on any atom is 0.303 e. The van der Waals surface area contributed by atoms with E-state index in [1.54, 1.807) is 30.3 Å². The summed E-state index contributed by atoms with van der Waals surface area (Å²) in [7, 11) is 0. The molecule has 108 valence electrons. The molecular formula is C16H14BrNO3. The van der Waals surface area contributed by atoms with E-state index in [0.29, 0.717) is 17.7 Å². The number of aliphatic carboxylic acids is 1. The highest BCUT2D eigenvalue weighted by Crippen LogP contribution is 2.18. The summed E-state index contributed by atoms with van der Waals surface area (Å²) < 4.78 is 0.904. The first-order chi connectivity index (χ1) is 10.1. The number of amides is 1. The van der Waals surface area contributed by atoms with Gasteiger partial charge in [-0.3, -0.25) is 9.59 Å². The first-order valence-corrected chi connectivity index (χ1v) is 7.22. The molecule has 0 radical (unpaired) electrons. The highest BCUT2D eigenvalue weighted by molar-refractivity contribution is 9.10. The number of carbonyl (C=O) groups is 2. The first kappa shape index (κ1) is 15.3. The minimum atomic E-state index is -0.857. The standard InChI is InChI=1S/C16H14BrNO3/c17-13-8-5-12(6-9-13)16(21)18-14-4-2-1-3-11(14)7-10-15(19)20/h1-6,8-9H,7,10H2,(H,18,21)(H,19,20). The van der Waals surface area contributed by atoms with Gasteiger partial charge in [0.1, 0.15) is 0 Å². The summed E-state index contributed by atoms with van der Waals surface area (Å²) in [6.45, 7) is 0. The third kappa shape index (κ3) is 4.43. The Morgan fingerprint density at radius 2 is 1.71 bits per heavy atom. The highest BCUT2D eigenvalue weighted by Gasteiger charge is 2.09. The average Bonchev–Trinajstić information content (AvgIpc) is 2.47. The minimum absolute atomic E-state index is 0.0329. The lowest BCUT2D eigenvalue weighted by molar-refractivity contribution is -0.136. The molecule has 2 rings (SSSR count). The number of aryl methyl sites for hydroxylation is 1. The van der Waals surface area contributed by atoms with Crippen LogP contribution in [-0.4, -0.2) is 17.0 Å². The summed E-state index contributed by atoms with van der Waals surface area (Å²) in [6, 6.07) is 14.3. The van der Waals surface area contributed by atoms with Crippen LogP contribution in [0.4, 0.5) is 5.69 Å². The van der Waals surface area contributed by atoms with Crippen LogP contribution < -0.4 is 5.32 Å². The molecule has 2 aromatic carbocycles. The van der Waals surface area contributed by atoms with E-state index in [1.807, 2.05) is 18.2 Å². The van der Waals surface area contributed by atoms with Gasteiger partial charge in [-0.2, -0.15) is 0 Å². The number of rotatable bonds is 5. The number of hydrogen-bond acceptors (Lipinski definition) is 2. The van der Waals surface area contributed by atoms with Crippen LogP contribution >= 0.6 is 15.9 Å². The van der Waals surface area contributed by atoms with E-state index >= 15 is 0 Å². The second kappa shape index (κ2) is 7.04. The summed E-state index contributed by atoms with van der Waals surface area (Å²) in [4.78, 5) is 22.8. The van der Waals surface area contributed by atoms with Crippen molar-refractivity contribution in [2.45, 2.75) is 12.8 Å². The van der Waals surface area contributed by atoms with E-state index in [0.717, 1.165) is 10.0 Å². The third-order valence-corrected chi connectivity index (χ3v) is 3.51. The second-order valence-corrected chi connectivity index (χ2v) is 5.43. The molecule has 0 aromatic heterocycles. The molecule has 5 heteroatoms. The molecule has 2 aromatic rings. The normalized spacial score (nSPS) is 10.1. The molecule has 4 nitrogen and oxygen atoms in total. The summed E-state index contributed by atoms with van der Waals surface area (Å²) >= 11 is 3.32. The van der Waals surface area contributed by atoms with Crippen LogP contribution in [0.15, 0.2) is 53.0 Å². The zero-order chi connectivity index (χ0) is 15.2. The Kier molecular flexibility index (Phi) is 5.11. The van der Waals surface area contributed by atoms with Crippen LogP contribution in [0.5, 0.6) is 0 Å². The average molecular weight is 348 g/mol. The van der Waals surface area contributed by atoms with E-state index in [2.05, 4.69) is 21.2 Å². The molecule has 0 unspecified atom stereocenters. The molecule has 2 N–H and O–H groups in total. The zero-order valence-electron chi connectivity index (χ0n) is 11.2. The van der Waals surface area contributed by atoms with Gasteiger partial charge >= 0.3 is 5.97 Å². The molecule has 0 fully saturated rings. The van der Waals surface area contributed by atoms with Crippen LogP contribution in [0.1, 0.15) is 22.3 Å². The fourth-order valence-electron chi connectivity index (χ4n) is 1.90. The maximum absolute atomic E-state index is 12.2. The number of para-hydroxylation sites is 1. The number of halogens is 1. The summed E-state index contributed by atoms with van der Waals surface area (Å²) in [5, 5.41) is 11.6. The van der Waals surface area contributed by atoms with Crippen LogP contribution in [0.2, 0.25) is 0 Å². The molecule has 1 amide bonds. The molecule has 0 atom stereocenters. The molecule has 0 bridgehead atoms. The molecular weight excluding hydrogens is 334 g/mol. The van der Waals surface area contributed by atoms with Gasteiger partial charge < -0.3 is 10.4 Å². The Bertz CT molecular complexity index is 653. The highest BCUT2D eigenvalue weighted by atomic mass is 79.9. The van der Waals surface area contributed by atoms with Crippen molar-refractivity contribution in [3.63, 3.8) is 0 Å². The van der Waals surface area contributed by atoms with Crippen molar-refractivity contribution in [2.24, 2.45) is 0 Å². The fraction of sp³-hybridized carbons (Fsp3) is 0.125. The van der Waals surface area contributed by atoms with Crippen LogP contribution in [0.25, 0.3) is 0 Å². The number of carboxylic acid groups (broad SMARTS) is 1. The molecule has 0 heterocycles.